The van der Waals surface area contributed by atoms with Crippen molar-refractivity contribution in [1.29, 1.82) is 10.5 Å². The minimum absolute atomic E-state index is 0.632. The van der Waals surface area contributed by atoms with Gasteiger partial charge in [0.1, 0.15) is 6.07 Å². The van der Waals surface area contributed by atoms with Gasteiger partial charge in [-0.1, -0.05) is 127 Å². The predicted molar refractivity (Wildman–Crippen MR) is 221 cm³/mol. The maximum Gasteiger partial charge on any atom is 0.101 e. The Balaban J connectivity index is 1.24. The molecule has 0 atom stereocenters. The number of rotatable bonds is 5. The molecule has 0 bridgehead atoms. The Morgan fingerprint density at radius 3 is 1.56 bits per heavy atom. The largest absolute Gasteiger partial charge is 0.309 e. The molecule has 250 valence electrons. The molecule has 0 spiro atoms. The van der Waals surface area contributed by atoms with Crippen molar-refractivity contribution >= 4 is 43.6 Å². The number of nitrogens with zero attached hydrogens (tertiary/aromatic N) is 4. The molecule has 0 fully saturated rings. The van der Waals surface area contributed by atoms with Crippen LogP contribution in [-0.2, 0) is 0 Å². The lowest BCUT2D eigenvalue weighted by atomic mass is 9.87. The zero-order valence-corrected chi connectivity index (χ0v) is 29.1. The molecule has 0 unspecified atom stereocenters. The highest BCUT2D eigenvalue weighted by Crippen LogP contribution is 2.46. The SMILES string of the molecule is N#Cc1ccc(-n2c3ccccc3c3cccc(-c4ccccc4-c4ccccc4-c4cccc5c4c4ccccc4n5-c4ccccc4C#N)c32)cc1. The monoisotopic (exact) mass is 686 g/mol. The second-order valence-corrected chi connectivity index (χ2v) is 13.5. The summed E-state index contributed by atoms with van der Waals surface area (Å²) in [5, 5.41) is 24.3. The van der Waals surface area contributed by atoms with E-state index in [1.807, 2.05) is 48.5 Å². The molecule has 10 aromatic rings. The van der Waals surface area contributed by atoms with Crippen LogP contribution in [0.3, 0.4) is 0 Å². The van der Waals surface area contributed by atoms with E-state index >= 15 is 0 Å². The third kappa shape index (κ3) is 4.68. The highest BCUT2D eigenvalue weighted by Gasteiger charge is 2.22. The standard InChI is InChI=1S/C50H30N4/c51-31-33-27-29-35(30-28-33)53-46-24-9-6-18-40(46)43-22-11-21-42(50(43)53)39-17-5-3-15-37(39)36-14-2-4-16-38(36)41-20-12-26-48-49(41)44-19-7-10-25-47(44)54(48)45-23-8-1-13-34(45)32-52/h1-30H. The summed E-state index contributed by atoms with van der Waals surface area (Å²) in [6.07, 6.45) is 0. The number of para-hydroxylation sites is 4. The van der Waals surface area contributed by atoms with E-state index in [1.165, 1.54) is 10.8 Å². The maximum absolute atomic E-state index is 10.1. The maximum atomic E-state index is 10.1. The van der Waals surface area contributed by atoms with Gasteiger partial charge in [0, 0.05) is 32.8 Å². The zero-order chi connectivity index (χ0) is 36.2. The van der Waals surface area contributed by atoms with Crippen LogP contribution in [0.15, 0.2) is 182 Å². The Hall–Kier alpha value is -7.66. The first-order valence-electron chi connectivity index (χ1n) is 18.0. The molecule has 0 amide bonds. The van der Waals surface area contributed by atoms with E-state index in [0.717, 1.165) is 77.6 Å². The van der Waals surface area contributed by atoms with Crippen LogP contribution in [0.25, 0.3) is 88.4 Å². The van der Waals surface area contributed by atoms with E-state index < -0.39 is 0 Å². The second kappa shape index (κ2) is 12.5. The van der Waals surface area contributed by atoms with Crippen molar-refractivity contribution in [2.45, 2.75) is 0 Å². The van der Waals surface area contributed by atoms with Gasteiger partial charge in [-0.3, -0.25) is 0 Å². The Kier molecular flexibility index (Phi) is 7.22. The molecule has 10 rings (SSSR count). The summed E-state index contributed by atoms with van der Waals surface area (Å²) < 4.78 is 4.56. The average molecular weight is 687 g/mol. The van der Waals surface area contributed by atoms with Crippen LogP contribution < -0.4 is 0 Å². The lowest BCUT2D eigenvalue weighted by molar-refractivity contribution is 1.17. The third-order valence-corrected chi connectivity index (χ3v) is 10.6. The van der Waals surface area contributed by atoms with Gasteiger partial charge in [0.2, 0.25) is 0 Å². The van der Waals surface area contributed by atoms with E-state index in [2.05, 4.69) is 155 Å². The fourth-order valence-electron chi connectivity index (χ4n) is 8.36. The molecule has 0 aliphatic rings. The van der Waals surface area contributed by atoms with E-state index in [-0.39, 0.29) is 0 Å². The number of fused-ring (bicyclic) bond motifs is 6. The molecule has 0 N–H and O–H groups in total. The van der Waals surface area contributed by atoms with Crippen molar-refractivity contribution < 1.29 is 0 Å². The van der Waals surface area contributed by atoms with E-state index in [0.29, 0.717) is 11.1 Å². The van der Waals surface area contributed by atoms with Gasteiger partial charge in [-0.05, 0) is 82.4 Å². The minimum atomic E-state index is 0.632. The highest BCUT2D eigenvalue weighted by atomic mass is 15.0. The first-order chi connectivity index (χ1) is 26.7. The zero-order valence-electron chi connectivity index (χ0n) is 29.1. The summed E-state index contributed by atoms with van der Waals surface area (Å²) in [4.78, 5) is 0. The summed E-state index contributed by atoms with van der Waals surface area (Å²) >= 11 is 0. The summed E-state index contributed by atoms with van der Waals surface area (Å²) in [6, 6.07) is 67.9. The molecule has 0 aliphatic carbocycles. The van der Waals surface area contributed by atoms with Crippen molar-refractivity contribution in [2.75, 3.05) is 0 Å². The molecule has 0 saturated carbocycles. The van der Waals surface area contributed by atoms with Crippen molar-refractivity contribution in [1.82, 2.24) is 9.13 Å². The molecular formula is C50H30N4. The highest BCUT2D eigenvalue weighted by molar-refractivity contribution is 6.18. The van der Waals surface area contributed by atoms with E-state index in [4.69, 9.17) is 0 Å². The number of benzene rings is 8. The van der Waals surface area contributed by atoms with Gasteiger partial charge in [0.15, 0.2) is 0 Å². The summed E-state index contributed by atoms with van der Waals surface area (Å²) in [6.45, 7) is 0. The number of aromatic nitrogens is 2. The lowest BCUT2D eigenvalue weighted by Gasteiger charge is -2.17. The van der Waals surface area contributed by atoms with Gasteiger partial charge in [0.25, 0.3) is 0 Å². The smallest absolute Gasteiger partial charge is 0.101 e. The van der Waals surface area contributed by atoms with Crippen LogP contribution in [0, 0.1) is 22.7 Å². The molecule has 8 aromatic carbocycles. The van der Waals surface area contributed by atoms with Gasteiger partial charge in [-0.15, -0.1) is 0 Å². The van der Waals surface area contributed by atoms with Crippen LogP contribution in [0.4, 0.5) is 0 Å². The molecular weight excluding hydrogens is 657 g/mol. The third-order valence-electron chi connectivity index (χ3n) is 10.6. The average Bonchev–Trinajstić information content (AvgIpc) is 3.77. The lowest BCUT2D eigenvalue weighted by Crippen LogP contribution is -1.97. The van der Waals surface area contributed by atoms with Gasteiger partial charge in [-0.2, -0.15) is 10.5 Å². The van der Waals surface area contributed by atoms with Crippen molar-refractivity contribution in [2.24, 2.45) is 0 Å². The van der Waals surface area contributed by atoms with Crippen molar-refractivity contribution in [3.63, 3.8) is 0 Å². The molecule has 2 heterocycles. The molecule has 0 radical (unpaired) electrons. The van der Waals surface area contributed by atoms with E-state index in [1.54, 1.807) is 0 Å². The van der Waals surface area contributed by atoms with Crippen LogP contribution >= 0.6 is 0 Å². The second-order valence-electron chi connectivity index (χ2n) is 13.5. The molecule has 4 heteroatoms. The molecule has 0 aliphatic heterocycles. The van der Waals surface area contributed by atoms with Gasteiger partial charge in [0.05, 0.1) is 45.0 Å². The molecule has 54 heavy (non-hydrogen) atoms. The number of nitriles is 2. The Labute approximate surface area is 312 Å². The Morgan fingerprint density at radius 2 is 0.852 bits per heavy atom. The Bertz CT molecular complexity index is 3180. The van der Waals surface area contributed by atoms with Crippen LogP contribution in [0.1, 0.15) is 11.1 Å². The first-order valence-corrected chi connectivity index (χ1v) is 18.0. The number of hydrogen-bond acceptors (Lipinski definition) is 2. The summed E-state index contributed by atoms with van der Waals surface area (Å²) in [5.74, 6) is 0. The van der Waals surface area contributed by atoms with Crippen LogP contribution in [0.2, 0.25) is 0 Å². The predicted octanol–water partition coefficient (Wildman–Crippen LogP) is 12.6. The van der Waals surface area contributed by atoms with Crippen LogP contribution in [-0.4, -0.2) is 9.13 Å². The Morgan fingerprint density at radius 1 is 0.352 bits per heavy atom. The topological polar surface area (TPSA) is 57.4 Å². The fraction of sp³-hybridized carbons (Fsp3) is 0. The minimum Gasteiger partial charge on any atom is -0.309 e. The molecule has 2 aromatic heterocycles. The van der Waals surface area contributed by atoms with Gasteiger partial charge < -0.3 is 9.13 Å². The molecule has 0 saturated heterocycles. The van der Waals surface area contributed by atoms with Crippen LogP contribution in [0.5, 0.6) is 0 Å². The fourth-order valence-corrected chi connectivity index (χ4v) is 8.36. The summed E-state index contributed by atoms with van der Waals surface area (Å²) in [7, 11) is 0. The van der Waals surface area contributed by atoms with Crippen molar-refractivity contribution in [3.05, 3.63) is 193 Å². The quantitative estimate of drug-likeness (QED) is 0.181. The van der Waals surface area contributed by atoms with Gasteiger partial charge >= 0.3 is 0 Å². The molecule has 4 nitrogen and oxygen atoms in total. The summed E-state index contributed by atoms with van der Waals surface area (Å²) in [5.41, 5.74) is 14.3. The first kappa shape index (κ1) is 31.1. The normalized spacial score (nSPS) is 11.3. The number of hydrogen-bond donors (Lipinski definition) is 0. The van der Waals surface area contributed by atoms with Gasteiger partial charge in [-0.25, -0.2) is 0 Å². The van der Waals surface area contributed by atoms with Crippen molar-refractivity contribution in [3.8, 4) is 56.9 Å². The van der Waals surface area contributed by atoms with E-state index in [9.17, 15) is 10.5 Å².